The lowest BCUT2D eigenvalue weighted by Crippen LogP contribution is -2.71. The second-order valence-corrected chi connectivity index (χ2v) is 9.22. The fraction of sp³-hybridized carbons (Fsp3) is 0.750. The van der Waals surface area contributed by atoms with Gasteiger partial charge in [0.15, 0.2) is 5.79 Å². The van der Waals surface area contributed by atoms with Gasteiger partial charge in [-0.25, -0.2) is 0 Å². The van der Waals surface area contributed by atoms with Crippen LogP contribution in [0.25, 0.3) is 0 Å². The van der Waals surface area contributed by atoms with Gasteiger partial charge in [-0.3, -0.25) is 4.79 Å². The van der Waals surface area contributed by atoms with Gasteiger partial charge >= 0.3 is 5.97 Å². The van der Waals surface area contributed by atoms with Crippen LogP contribution in [0.4, 0.5) is 0 Å². The first-order valence-corrected chi connectivity index (χ1v) is 9.20. The number of ether oxygens (including phenoxy) is 2. The summed E-state index contributed by atoms with van der Waals surface area (Å²) in [4.78, 5) is 12.7. The van der Waals surface area contributed by atoms with E-state index in [2.05, 4.69) is 25.7 Å². The Balaban J connectivity index is 1.67. The molecule has 7 atom stereocenters. The number of hydrogen-bond acceptors (Lipinski definition) is 4. The highest BCUT2D eigenvalue weighted by Gasteiger charge is 2.78. The molecule has 4 heteroatoms. The number of fused-ring (bicyclic) bond motifs is 3. The minimum Gasteiger partial charge on any atom is -0.457 e. The molecule has 1 spiro atoms. The molecule has 0 aromatic carbocycles. The number of rotatable bonds is 1. The van der Waals surface area contributed by atoms with Crippen molar-refractivity contribution in [3.8, 4) is 0 Å². The van der Waals surface area contributed by atoms with Crippen LogP contribution in [0.3, 0.4) is 0 Å². The van der Waals surface area contributed by atoms with Crippen molar-refractivity contribution in [2.75, 3.05) is 6.61 Å². The summed E-state index contributed by atoms with van der Waals surface area (Å²) in [5.41, 5.74) is 0.540. The fourth-order valence-corrected chi connectivity index (χ4v) is 6.71. The normalized spacial score (nSPS) is 57.7. The maximum atomic E-state index is 12.7. The standard InChI is InChI=1S/C20H26O4/c1-4-17(2)6-5-13-12(10-17)9-14-15-18(3,16(21)24-14)20(22)8-7-19(13,15)11-23-20/h4,9,13-15,22H,1,5-8,10-11H2,2-3H3. The Labute approximate surface area is 142 Å². The van der Waals surface area contributed by atoms with Gasteiger partial charge in [0.1, 0.15) is 11.5 Å². The Morgan fingerprint density at radius 2 is 2.12 bits per heavy atom. The van der Waals surface area contributed by atoms with Crippen LogP contribution in [-0.4, -0.2) is 29.6 Å². The van der Waals surface area contributed by atoms with Gasteiger partial charge in [0.05, 0.1) is 6.61 Å². The highest BCUT2D eigenvalue weighted by atomic mass is 16.6. The summed E-state index contributed by atoms with van der Waals surface area (Å²) in [6.45, 7) is 8.71. The molecule has 3 aliphatic carbocycles. The Hall–Kier alpha value is -1.13. The number of allylic oxidation sites excluding steroid dienone is 2. The molecule has 130 valence electrons. The first-order valence-electron chi connectivity index (χ1n) is 9.20. The minimum atomic E-state index is -1.36. The third kappa shape index (κ3) is 1.43. The van der Waals surface area contributed by atoms with Gasteiger partial charge in [-0.1, -0.05) is 18.6 Å². The predicted octanol–water partition coefficient (Wildman–Crippen LogP) is 2.97. The van der Waals surface area contributed by atoms with Crippen LogP contribution in [0, 0.1) is 28.1 Å². The second kappa shape index (κ2) is 4.16. The number of carbonyl (C=O) groups excluding carboxylic acids is 1. The van der Waals surface area contributed by atoms with Crippen molar-refractivity contribution in [1.29, 1.82) is 0 Å². The number of esters is 1. The molecular weight excluding hydrogens is 304 g/mol. The lowest BCUT2D eigenvalue weighted by atomic mass is 9.42. The van der Waals surface area contributed by atoms with E-state index in [0.29, 0.717) is 18.9 Å². The van der Waals surface area contributed by atoms with E-state index in [9.17, 15) is 9.90 Å². The maximum Gasteiger partial charge on any atom is 0.318 e. The summed E-state index contributed by atoms with van der Waals surface area (Å²) in [6, 6.07) is 0. The van der Waals surface area contributed by atoms with E-state index in [1.807, 2.05) is 6.92 Å². The van der Waals surface area contributed by atoms with E-state index in [-0.39, 0.29) is 28.8 Å². The SMILES string of the molecule is C=CC1(C)CCC2C(=CC3OC(=O)C4(C)C3C23CCC4(O)OC3)C1. The van der Waals surface area contributed by atoms with Crippen molar-refractivity contribution >= 4 is 5.97 Å². The smallest absolute Gasteiger partial charge is 0.318 e. The molecule has 1 N–H and O–H groups in total. The molecular formula is C20H26O4. The first kappa shape index (κ1) is 15.2. The molecule has 3 aliphatic heterocycles. The van der Waals surface area contributed by atoms with Gasteiger partial charge in [-0.15, -0.1) is 6.58 Å². The fourth-order valence-electron chi connectivity index (χ4n) is 6.71. The van der Waals surface area contributed by atoms with Crippen molar-refractivity contribution in [2.24, 2.45) is 28.1 Å². The zero-order chi connectivity index (χ0) is 17.0. The summed E-state index contributed by atoms with van der Waals surface area (Å²) >= 11 is 0. The largest absolute Gasteiger partial charge is 0.457 e. The maximum absolute atomic E-state index is 12.7. The molecule has 0 aromatic rings. The van der Waals surface area contributed by atoms with Crippen molar-refractivity contribution in [3.05, 3.63) is 24.3 Å². The number of hydrogen-bond donors (Lipinski definition) is 1. The van der Waals surface area contributed by atoms with Crippen LogP contribution >= 0.6 is 0 Å². The molecule has 5 fully saturated rings. The van der Waals surface area contributed by atoms with E-state index in [0.717, 1.165) is 25.7 Å². The summed E-state index contributed by atoms with van der Waals surface area (Å²) in [6.07, 6.45) is 8.73. The average molecular weight is 330 g/mol. The third-order valence-corrected chi connectivity index (χ3v) is 8.18. The van der Waals surface area contributed by atoms with Crippen LogP contribution in [0.15, 0.2) is 24.3 Å². The van der Waals surface area contributed by atoms with Gasteiger partial charge < -0.3 is 14.6 Å². The van der Waals surface area contributed by atoms with E-state index < -0.39 is 11.2 Å². The van der Waals surface area contributed by atoms with E-state index in [1.54, 1.807) is 0 Å². The molecule has 24 heavy (non-hydrogen) atoms. The number of aliphatic hydroxyl groups is 1. The summed E-state index contributed by atoms with van der Waals surface area (Å²) in [5.74, 6) is -1.18. The topological polar surface area (TPSA) is 55.8 Å². The molecule has 4 nitrogen and oxygen atoms in total. The quantitative estimate of drug-likeness (QED) is 0.593. The Morgan fingerprint density at radius 3 is 2.79 bits per heavy atom. The molecule has 3 saturated heterocycles. The summed E-state index contributed by atoms with van der Waals surface area (Å²) < 4.78 is 11.8. The monoisotopic (exact) mass is 330 g/mol. The Bertz CT molecular complexity index is 671. The third-order valence-electron chi connectivity index (χ3n) is 8.18. The minimum absolute atomic E-state index is 0.0341. The second-order valence-electron chi connectivity index (χ2n) is 9.22. The summed E-state index contributed by atoms with van der Waals surface area (Å²) in [7, 11) is 0. The van der Waals surface area contributed by atoms with Crippen LogP contribution < -0.4 is 0 Å². The lowest BCUT2D eigenvalue weighted by molar-refractivity contribution is -0.367. The van der Waals surface area contributed by atoms with Gasteiger partial charge in [0.25, 0.3) is 0 Å². The van der Waals surface area contributed by atoms with Crippen molar-refractivity contribution in [2.45, 2.75) is 57.8 Å². The molecule has 0 amide bonds. The lowest BCUT2D eigenvalue weighted by Gasteiger charge is -2.65. The van der Waals surface area contributed by atoms with Crippen LogP contribution in [0.2, 0.25) is 0 Å². The molecule has 3 heterocycles. The summed E-state index contributed by atoms with van der Waals surface area (Å²) in [5, 5.41) is 11.0. The van der Waals surface area contributed by atoms with Crippen molar-refractivity contribution < 1.29 is 19.4 Å². The highest BCUT2D eigenvalue weighted by molar-refractivity contribution is 5.82. The molecule has 2 saturated carbocycles. The van der Waals surface area contributed by atoms with Crippen LogP contribution in [0.5, 0.6) is 0 Å². The molecule has 7 unspecified atom stereocenters. The van der Waals surface area contributed by atoms with E-state index in [4.69, 9.17) is 9.47 Å². The number of carbonyl (C=O) groups is 1. The molecule has 6 aliphatic rings. The average Bonchev–Trinajstić information content (AvgIpc) is 2.83. The van der Waals surface area contributed by atoms with Gasteiger partial charge in [-0.2, -0.15) is 0 Å². The predicted molar refractivity (Wildman–Crippen MR) is 87.8 cm³/mol. The van der Waals surface area contributed by atoms with Crippen molar-refractivity contribution in [3.63, 3.8) is 0 Å². The molecule has 6 rings (SSSR count). The van der Waals surface area contributed by atoms with Crippen LogP contribution in [-0.2, 0) is 14.3 Å². The zero-order valence-corrected chi connectivity index (χ0v) is 14.5. The molecule has 0 aromatic heterocycles. The van der Waals surface area contributed by atoms with Gasteiger partial charge in [0, 0.05) is 17.8 Å². The Kier molecular flexibility index (Phi) is 2.62. The Morgan fingerprint density at radius 1 is 1.33 bits per heavy atom. The van der Waals surface area contributed by atoms with Crippen molar-refractivity contribution in [1.82, 2.24) is 0 Å². The first-order chi connectivity index (χ1) is 11.3. The van der Waals surface area contributed by atoms with E-state index in [1.165, 1.54) is 5.57 Å². The van der Waals surface area contributed by atoms with E-state index >= 15 is 0 Å². The zero-order valence-electron chi connectivity index (χ0n) is 14.5. The highest BCUT2D eigenvalue weighted by Crippen LogP contribution is 2.71. The van der Waals surface area contributed by atoms with Crippen LogP contribution in [0.1, 0.15) is 46.0 Å². The molecule has 0 radical (unpaired) electrons. The van der Waals surface area contributed by atoms with Gasteiger partial charge in [0.2, 0.25) is 0 Å². The van der Waals surface area contributed by atoms with Gasteiger partial charge in [-0.05, 0) is 50.0 Å². The molecule has 2 bridgehead atoms.